The van der Waals surface area contributed by atoms with Gasteiger partial charge in [0.25, 0.3) is 0 Å². The lowest BCUT2D eigenvalue weighted by Crippen LogP contribution is -1.98. The number of aromatic nitrogens is 2. The van der Waals surface area contributed by atoms with Gasteiger partial charge in [-0.1, -0.05) is 6.58 Å². The SMILES string of the molecule is C=CC1=NC(c2cncnc2)CO1. The van der Waals surface area contributed by atoms with Gasteiger partial charge in [-0.3, -0.25) is 0 Å². The molecule has 4 nitrogen and oxygen atoms in total. The molecule has 0 saturated carbocycles. The van der Waals surface area contributed by atoms with E-state index in [1.165, 1.54) is 6.33 Å². The molecule has 0 saturated heterocycles. The van der Waals surface area contributed by atoms with Gasteiger partial charge >= 0.3 is 0 Å². The predicted octanol–water partition coefficient (Wildman–Crippen LogP) is 1.13. The van der Waals surface area contributed by atoms with Crippen LogP contribution in [0, 0.1) is 0 Å². The van der Waals surface area contributed by atoms with Crippen LogP contribution in [0.15, 0.2) is 36.4 Å². The molecular formula is C9H9N3O. The third-order valence-corrected chi connectivity index (χ3v) is 1.81. The maximum atomic E-state index is 5.25. The Morgan fingerprint density at radius 2 is 2.23 bits per heavy atom. The van der Waals surface area contributed by atoms with E-state index in [9.17, 15) is 0 Å². The molecule has 0 bridgehead atoms. The Morgan fingerprint density at radius 3 is 2.85 bits per heavy atom. The van der Waals surface area contributed by atoms with Gasteiger partial charge in [-0.15, -0.1) is 0 Å². The van der Waals surface area contributed by atoms with Crippen molar-refractivity contribution >= 4 is 5.90 Å². The van der Waals surface area contributed by atoms with Gasteiger partial charge in [0.05, 0.1) is 0 Å². The second-order valence-electron chi connectivity index (χ2n) is 2.67. The van der Waals surface area contributed by atoms with Crippen molar-refractivity contribution in [3.05, 3.63) is 36.9 Å². The van der Waals surface area contributed by atoms with Crippen molar-refractivity contribution in [2.24, 2.45) is 4.99 Å². The molecule has 0 radical (unpaired) electrons. The minimum Gasteiger partial charge on any atom is -0.475 e. The fourth-order valence-electron chi connectivity index (χ4n) is 1.16. The van der Waals surface area contributed by atoms with Crippen LogP contribution in [0.4, 0.5) is 0 Å². The third kappa shape index (κ3) is 1.56. The Bertz CT molecular complexity index is 334. The summed E-state index contributed by atoms with van der Waals surface area (Å²) in [5.41, 5.74) is 0.972. The van der Waals surface area contributed by atoms with Crippen LogP contribution in [0.1, 0.15) is 11.6 Å². The zero-order valence-corrected chi connectivity index (χ0v) is 7.05. The molecule has 1 aromatic heterocycles. The van der Waals surface area contributed by atoms with Crippen molar-refractivity contribution in [1.82, 2.24) is 9.97 Å². The highest BCUT2D eigenvalue weighted by molar-refractivity contribution is 5.88. The largest absolute Gasteiger partial charge is 0.475 e. The molecule has 1 aliphatic heterocycles. The first-order valence-corrected chi connectivity index (χ1v) is 3.98. The fraction of sp³-hybridized carbons (Fsp3) is 0.222. The zero-order valence-electron chi connectivity index (χ0n) is 7.05. The second kappa shape index (κ2) is 3.35. The molecule has 1 atom stereocenters. The summed E-state index contributed by atoms with van der Waals surface area (Å²) in [7, 11) is 0. The van der Waals surface area contributed by atoms with Crippen molar-refractivity contribution in [3.63, 3.8) is 0 Å². The molecule has 13 heavy (non-hydrogen) atoms. The van der Waals surface area contributed by atoms with Gasteiger partial charge in [-0.25, -0.2) is 15.0 Å². The smallest absolute Gasteiger partial charge is 0.208 e. The summed E-state index contributed by atoms with van der Waals surface area (Å²) >= 11 is 0. The summed E-state index contributed by atoms with van der Waals surface area (Å²) in [4.78, 5) is 12.1. The Hall–Kier alpha value is -1.71. The Balaban J connectivity index is 2.21. The Kier molecular flexibility index (Phi) is 2.04. The van der Waals surface area contributed by atoms with Gasteiger partial charge in [0.15, 0.2) is 0 Å². The van der Waals surface area contributed by atoms with E-state index < -0.39 is 0 Å². The molecule has 1 aliphatic rings. The molecule has 4 heteroatoms. The van der Waals surface area contributed by atoms with Crippen LogP contribution in [0.25, 0.3) is 0 Å². The van der Waals surface area contributed by atoms with Crippen LogP contribution in [0.3, 0.4) is 0 Å². The van der Waals surface area contributed by atoms with Crippen LogP contribution < -0.4 is 0 Å². The number of aliphatic imine (C=N–C) groups is 1. The van der Waals surface area contributed by atoms with E-state index >= 15 is 0 Å². The van der Waals surface area contributed by atoms with Gasteiger partial charge in [0.1, 0.15) is 19.0 Å². The number of ether oxygens (including phenoxy) is 1. The van der Waals surface area contributed by atoms with E-state index in [0.717, 1.165) is 5.56 Å². The highest BCUT2D eigenvalue weighted by Gasteiger charge is 2.18. The maximum Gasteiger partial charge on any atom is 0.208 e. The van der Waals surface area contributed by atoms with Crippen LogP contribution in [0.2, 0.25) is 0 Å². The minimum absolute atomic E-state index is 0.0224. The molecular weight excluding hydrogens is 166 g/mol. The van der Waals surface area contributed by atoms with Gasteiger partial charge in [-0.05, 0) is 6.08 Å². The van der Waals surface area contributed by atoms with Gasteiger partial charge in [-0.2, -0.15) is 0 Å². The van der Waals surface area contributed by atoms with Gasteiger partial charge in [0, 0.05) is 18.0 Å². The fourth-order valence-corrected chi connectivity index (χ4v) is 1.16. The molecule has 0 N–H and O–H groups in total. The molecule has 0 fully saturated rings. The number of hydrogen-bond acceptors (Lipinski definition) is 4. The average molecular weight is 175 g/mol. The monoisotopic (exact) mass is 175 g/mol. The zero-order chi connectivity index (χ0) is 9.10. The quantitative estimate of drug-likeness (QED) is 0.677. The predicted molar refractivity (Wildman–Crippen MR) is 48.4 cm³/mol. The van der Waals surface area contributed by atoms with Crippen LogP contribution in [-0.4, -0.2) is 22.5 Å². The van der Waals surface area contributed by atoms with Crippen LogP contribution >= 0.6 is 0 Å². The number of nitrogens with zero attached hydrogens (tertiary/aromatic N) is 3. The molecule has 2 heterocycles. The van der Waals surface area contributed by atoms with E-state index in [1.807, 2.05) is 0 Å². The maximum absolute atomic E-state index is 5.25. The molecule has 66 valence electrons. The number of hydrogen-bond donors (Lipinski definition) is 0. The third-order valence-electron chi connectivity index (χ3n) is 1.81. The molecule has 1 aromatic rings. The van der Waals surface area contributed by atoms with Crippen LogP contribution in [0.5, 0.6) is 0 Å². The molecule has 1 unspecified atom stereocenters. The van der Waals surface area contributed by atoms with Gasteiger partial charge < -0.3 is 4.74 Å². The summed E-state index contributed by atoms with van der Waals surface area (Å²) in [6, 6.07) is 0.0224. The highest BCUT2D eigenvalue weighted by atomic mass is 16.5. The summed E-state index contributed by atoms with van der Waals surface area (Å²) in [5, 5.41) is 0. The molecule has 0 spiro atoms. The van der Waals surface area contributed by atoms with Crippen molar-refractivity contribution < 1.29 is 4.74 Å². The molecule has 2 rings (SSSR count). The van der Waals surface area contributed by atoms with Crippen molar-refractivity contribution in [2.75, 3.05) is 6.61 Å². The lowest BCUT2D eigenvalue weighted by Gasteiger charge is -2.01. The lowest BCUT2D eigenvalue weighted by atomic mass is 10.2. The number of rotatable bonds is 2. The van der Waals surface area contributed by atoms with E-state index in [2.05, 4.69) is 21.5 Å². The second-order valence-corrected chi connectivity index (χ2v) is 2.67. The van der Waals surface area contributed by atoms with Crippen molar-refractivity contribution in [3.8, 4) is 0 Å². The summed E-state index contributed by atoms with van der Waals surface area (Å²) in [5.74, 6) is 0.592. The van der Waals surface area contributed by atoms with E-state index in [0.29, 0.717) is 12.5 Å². The normalized spacial score (nSPS) is 20.6. The summed E-state index contributed by atoms with van der Waals surface area (Å²) in [6.07, 6.45) is 6.59. The lowest BCUT2D eigenvalue weighted by molar-refractivity contribution is 0.320. The Labute approximate surface area is 76.0 Å². The first kappa shape index (κ1) is 7.91. The molecule has 0 amide bonds. The summed E-state index contributed by atoms with van der Waals surface area (Å²) < 4.78 is 5.25. The van der Waals surface area contributed by atoms with E-state index in [-0.39, 0.29) is 6.04 Å². The van der Waals surface area contributed by atoms with Crippen molar-refractivity contribution in [2.45, 2.75) is 6.04 Å². The van der Waals surface area contributed by atoms with E-state index in [4.69, 9.17) is 4.74 Å². The standard InChI is InChI=1S/C9H9N3O/c1-2-9-12-8(5-13-9)7-3-10-6-11-4-7/h2-4,6,8H,1,5H2. The average Bonchev–Trinajstić information content (AvgIpc) is 2.67. The minimum atomic E-state index is 0.0224. The molecule has 0 aromatic carbocycles. The van der Waals surface area contributed by atoms with Gasteiger partial charge in [0.2, 0.25) is 5.90 Å². The summed E-state index contributed by atoms with van der Waals surface area (Å²) in [6.45, 7) is 4.13. The van der Waals surface area contributed by atoms with Crippen molar-refractivity contribution in [1.29, 1.82) is 0 Å². The molecule has 0 aliphatic carbocycles. The van der Waals surface area contributed by atoms with E-state index in [1.54, 1.807) is 18.5 Å². The topological polar surface area (TPSA) is 47.4 Å². The van der Waals surface area contributed by atoms with Crippen LogP contribution in [-0.2, 0) is 4.74 Å². The first-order valence-electron chi connectivity index (χ1n) is 3.98. The highest BCUT2D eigenvalue weighted by Crippen LogP contribution is 2.21. The first-order chi connectivity index (χ1) is 6.40. The Morgan fingerprint density at radius 1 is 1.46 bits per heavy atom.